The number of halogens is 3. The third-order valence-corrected chi connectivity index (χ3v) is 6.48. The highest BCUT2D eigenvalue weighted by atomic mass is 32.1. The van der Waals surface area contributed by atoms with E-state index in [9.17, 15) is 28.3 Å². The van der Waals surface area contributed by atoms with Crippen molar-refractivity contribution in [3.05, 3.63) is 72.3 Å². The molecule has 0 atom stereocenters. The van der Waals surface area contributed by atoms with Crippen LogP contribution in [0.4, 0.5) is 13.2 Å². The lowest BCUT2D eigenvalue weighted by atomic mass is 10.1. The maximum atomic E-state index is 15.0. The maximum Gasteiger partial charge on any atom is 0.346 e. The minimum atomic E-state index is -1.40. The number of rotatable bonds is 6. The number of fused-ring (bicyclic) bond motifs is 2. The van der Waals surface area contributed by atoms with Crippen LogP contribution in [0.5, 0.6) is 23.0 Å². The second-order valence-corrected chi connectivity index (χ2v) is 8.53. The van der Waals surface area contributed by atoms with Crippen molar-refractivity contribution >= 4 is 28.2 Å². The van der Waals surface area contributed by atoms with E-state index >= 15 is 4.39 Å². The van der Waals surface area contributed by atoms with Gasteiger partial charge in [-0.05, 0) is 0 Å². The van der Waals surface area contributed by atoms with Crippen LogP contribution in [0.15, 0.2) is 33.2 Å². The van der Waals surface area contributed by atoms with Crippen molar-refractivity contribution in [2.24, 2.45) is 0 Å². The van der Waals surface area contributed by atoms with E-state index in [1.165, 1.54) is 12.5 Å². The molecule has 0 saturated heterocycles. The Morgan fingerprint density at radius 1 is 1.14 bits per heavy atom. The number of ether oxygens (including phenoxy) is 4. The molecule has 0 radical (unpaired) electrons. The Labute approximate surface area is 208 Å². The van der Waals surface area contributed by atoms with Crippen LogP contribution < -0.4 is 30.2 Å². The van der Waals surface area contributed by atoms with Gasteiger partial charge in [-0.2, -0.15) is 0 Å². The molecule has 14 heteroatoms. The van der Waals surface area contributed by atoms with Gasteiger partial charge in [-0.3, -0.25) is 4.79 Å². The van der Waals surface area contributed by atoms with Crippen molar-refractivity contribution < 1.29 is 42.0 Å². The van der Waals surface area contributed by atoms with Gasteiger partial charge in [0.15, 0.2) is 40.4 Å². The average molecular weight is 536 g/mol. The summed E-state index contributed by atoms with van der Waals surface area (Å²) in [4.78, 5) is 39.3. The molecule has 1 aliphatic heterocycles. The number of carboxylic acid groups (broad SMARTS) is 1. The van der Waals surface area contributed by atoms with Gasteiger partial charge in [0.25, 0.3) is 5.56 Å². The van der Waals surface area contributed by atoms with Gasteiger partial charge < -0.3 is 29.0 Å². The Kier molecular flexibility index (Phi) is 6.03. The molecule has 192 valence electrons. The predicted octanol–water partition coefficient (Wildman–Crippen LogP) is 3.21. The average Bonchev–Trinajstić information content (AvgIpc) is 3.30. The molecule has 2 aromatic carbocycles. The number of aromatic carboxylic acids is 1. The Balaban J connectivity index is 1.62. The first-order valence-corrected chi connectivity index (χ1v) is 11.4. The SMILES string of the molecule is COc1cc(F)c(-n2c(=O)[nH]c3csc(C(=O)O)c3c2=O)cc1OCc1c(F)c(F)cc2c1OCCO2. The Hall–Kier alpha value is -4.46. The quantitative estimate of drug-likeness (QED) is 0.385. The van der Waals surface area contributed by atoms with E-state index < -0.39 is 47.0 Å². The zero-order valence-corrected chi connectivity index (χ0v) is 19.5. The van der Waals surface area contributed by atoms with Crippen LogP contribution in [-0.4, -0.2) is 41.0 Å². The van der Waals surface area contributed by atoms with Gasteiger partial charge in [0.05, 0.1) is 29.3 Å². The first kappa shape index (κ1) is 24.2. The smallest absolute Gasteiger partial charge is 0.346 e. The second-order valence-electron chi connectivity index (χ2n) is 7.65. The van der Waals surface area contributed by atoms with Crippen molar-refractivity contribution in [2.45, 2.75) is 6.61 Å². The number of hydrogen-bond acceptors (Lipinski definition) is 8. The molecule has 10 nitrogen and oxygen atoms in total. The number of carbonyl (C=O) groups is 1. The molecule has 0 bridgehead atoms. The van der Waals surface area contributed by atoms with E-state index in [4.69, 9.17) is 18.9 Å². The Morgan fingerprint density at radius 2 is 1.89 bits per heavy atom. The molecule has 0 saturated carbocycles. The topological polar surface area (TPSA) is 129 Å². The summed E-state index contributed by atoms with van der Waals surface area (Å²) in [5.74, 6) is -5.43. The summed E-state index contributed by atoms with van der Waals surface area (Å²) in [6.07, 6.45) is 0. The lowest BCUT2D eigenvalue weighted by Gasteiger charge is -2.22. The largest absolute Gasteiger partial charge is 0.493 e. The first-order valence-electron chi connectivity index (χ1n) is 10.5. The molecule has 3 heterocycles. The second kappa shape index (κ2) is 9.20. The lowest BCUT2D eigenvalue weighted by Crippen LogP contribution is -2.34. The molecule has 37 heavy (non-hydrogen) atoms. The molecule has 0 spiro atoms. The van der Waals surface area contributed by atoms with Gasteiger partial charge in [0.2, 0.25) is 0 Å². The van der Waals surface area contributed by atoms with Gasteiger partial charge >= 0.3 is 11.7 Å². The molecule has 0 fully saturated rings. The van der Waals surface area contributed by atoms with Crippen LogP contribution in [0.2, 0.25) is 0 Å². The number of benzene rings is 2. The lowest BCUT2D eigenvalue weighted by molar-refractivity contribution is 0.0704. The zero-order valence-electron chi connectivity index (χ0n) is 18.7. The summed E-state index contributed by atoms with van der Waals surface area (Å²) in [6.45, 7) is -0.395. The molecular formula is C23H15F3N2O8S. The van der Waals surface area contributed by atoms with Crippen molar-refractivity contribution in [3.8, 4) is 28.7 Å². The molecule has 0 aliphatic carbocycles. The summed E-state index contributed by atoms with van der Waals surface area (Å²) < 4.78 is 65.5. The summed E-state index contributed by atoms with van der Waals surface area (Å²) in [6, 6.07) is 2.61. The first-order chi connectivity index (χ1) is 17.7. The number of hydrogen-bond donors (Lipinski definition) is 2. The predicted molar refractivity (Wildman–Crippen MR) is 123 cm³/mol. The van der Waals surface area contributed by atoms with E-state index in [1.807, 2.05) is 0 Å². The fourth-order valence-corrected chi connectivity index (χ4v) is 4.69. The monoisotopic (exact) mass is 536 g/mol. The van der Waals surface area contributed by atoms with Crippen LogP contribution >= 0.6 is 11.3 Å². The fraction of sp³-hybridized carbons (Fsp3) is 0.174. The van der Waals surface area contributed by atoms with Crippen molar-refractivity contribution in [3.63, 3.8) is 0 Å². The number of aromatic amines is 1. The van der Waals surface area contributed by atoms with E-state index in [1.54, 1.807) is 0 Å². The van der Waals surface area contributed by atoms with Gasteiger partial charge in [-0.1, -0.05) is 0 Å². The van der Waals surface area contributed by atoms with E-state index in [0.29, 0.717) is 4.57 Å². The standard InChI is InChI=1S/C23H15F3N2O8S/c1-33-14-4-10(24)13(28-21(29)17-12(27-23(28)32)8-37-20(17)22(30)31)6-15(14)36-7-9-18(26)11(25)5-16-19(9)35-3-2-34-16/h4-6,8H,2-3,7H2,1H3,(H,27,32)(H,30,31). The van der Waals surface area contributed by atoms with Crippen LogP contribution in [0, 0.1) is 17.5 Å². The third-order valence-electron chi connectivity index (χ3n) is 5.51. The number of H-pyrrole nitrogens is 1. The van der Waals surface area contributed by atoms with Gasteiger partial charge in [0.1, 0.15) is 24.7 Å². The normalized spacial score (nSPS) is 12.5. The number of nitrogens with zero attached hydrogens (tertiary/aromatic N) is 1. The summed E-state index contributed by atoms with van der Waals surface area (Å²) in [5, 5.41) is 10.3. The molecule has 0 amide bonds. The molecule has 0 unspecified atom stereocenters. The van der Waals surface area contributed by atoms with Crippen LogP contribution in [0.3, 0.4) is 0 Å². The number of carboxylic acids is 1. The highest BCUT2D eigenvalue weighted by Gasteiger charge is 2.26. The molecule has 5 rings (SSSR count). The van der Waals surface area contributed by atoms with Gasteiger partial charge in [0, 0.05) is 23.6 Å². The van der Waals surface area contributed by atoms with Gasteiger partial charge in [-0.15, -0.1) is 11.3 Å². The zero-order chi connectivity index (χ0) is 26.4. The fourth-order valence-electron chi connectivity index (χ4n) is 3.86. The minimum absolute atomic E-state index is 0.0207. The third kappa shape index (κ3) is 4.04. The Bertz CT molecular complexity index is 1690. The van der Waals surface area contributed by atoms with Crippen molar-refractivity contribution in [1.82, 2.24) is 9.55 Å². The van der Waals surface area contributed by atoms with Crippen LogP contribution in [0.25, 0.3) is 16.6 Å². The highest BCUT2D eigenvalue weighted by Crippen LogP contribution is 2.39. The number of nitrogens with one attached hydrogen (secondary N) is 1. The van der Waals surface area contributed by atoms with E-state index in [2.05, 4.69) is 4.98 Å². The van der Waals surface area contributed by atoms with Crippen molar-refractivity contribution in [1.29, 1.82) is 0 Å². The molecule has 2 N–H and O–H groups in total. The Morgan fingerprint density at radius 3 is 2.62 bits per heavy atom. The van der Waals surface area contributed by atoms with Crippen LogP contribution in [-0.2, 0) is 6.61 Å². The van der Waals surface area contributed by atoms with E-state index in [0.717, 1.165) is 29.5 Å². The number of aromatic nitrogens is 2. The highest BCUT2D eigenvalue weighted by molar-refractivity contribution is 7.13. The number of methoxy groups -OCH3 is 1. The van der Waals surface area contributed by atoms with Crippen LogP contribution in [0.1, 0.15) is 15.2 Å². The summed E-state index contributed by atoms with van der Waals surface area (Å²) >= 11 is 0.721. The van der Waals surface area contributed by atoms with Crippen molar-refractivity contribution in [2.75, 3.05) is 20.3 Å². The number of thiophene rings is 1. The molecule has 1 aliphatic rings. The summed E-state index contributed by atoms with van der Waals surface area (Å²) in [5.41, 5.74) is -3.05. The van der Waals surface area contributed by atoms with E-state index in [-0.39, 0.29) is 57.6 Å². The van der Waals surface area contributed by atoms with Gasteiger partial charge in [-0.25, -0.2) is 27.3 Å². The molecular weight excluding hydrogens is 521 g/mol. The molecule has 2 aromatic heterocycles. The summed E-state index contributed by atoms with van der Waals surface area (Å²) in [7, 11) is 1.19. The molecule has 4 aromatic rings. The maximum absolute atomic E-state index is 15.0. The minimum Gasteiger partial charge on any atom is -0.493 e.